The van der Waals surface area contributed by atoms with Crippen molar-refractivity contribution in [2.45, 2.75) is 284 Å². The zero-order valence-corrected chi connectivity index (χ0v) is 33.1. The van der Waals surface area contributed by atoms with Gasteiger partial charge in [0.2, 0.25) is 0 Å². The Morgan fingerprint density at radius 2 is 0.404 bits per heavy atom. The Kier molecular flexibility index (Phi) is 43.0. The molecule has 0 aliphatic rings. The topological polar surface area (TPSA) is 17.1 Å². The fourth-order valence-electron chi connectivity index (χ4n) is 7.41. The SMILES string of the molecule is CCCCCCCCCCCCCCCCCCCCCCC(=C=O)CCCCCCCCCCCCCCCCCCCCCC. The van der Waals surface area contributed by atoms with Crippen LogP contribution in [0.25, 0.3) is 0 Å². The van der Waals surface area contributed by atoms with E-state index in [1.165, 1.54) is 257 Å². The van der Waals surface area contributed by atoms with Crippen molar-refractivity contribution in [3.63, 3.8) is 0 Å². The molecule has 47 heavy (non-hydrogen) atoms. The molecule has 0 bridgehead atoms. The second-order valence-electron chi connectivity index (χ2n) is 15.6. The van der Waals surface area contributed by atoms with Gasteiger partial charge < -0.3 is 0 Å². The van der Waals surface area contributed by atoms with Gasteiger partial charge in [-0.1, -0.05) is 258 Å². The lowest BCUT2D eigenvalue weighted by atomic mass is 10.00. The van der Waals surface area contributed by atoms with E-state index in [0.717, 1.165) is 18.4 Å². The lowest BCUT2D eigenvalue weighted by Gasteiger charge is -2.06. The van der Waals surface area contributed by atoms with Crippen LogP contribution in [-0.2, 0) is 4.79 Å². The largest absolute Gasteiger partial charge is 0.234 e. The first-order chi connectivity index (χ1) is 23.3. The van der Waals surface area contributed by atoms with Crippen LogP contribution >= 0.6 is 0 Å². The highest BCUT2D eigenvalue weighted by atomic mass is 16.1. The molecule has 0 saturated carbocycles. The van der Waals surface area contributed by atoms with Crippen molar-refractivity contribution in [3.8, 4) is 0 Å². The van der Waals surface area contributed by atoms with E-state index in [9.17, 15) is 4.79 Å². The molecule has 0 aromatic heterocycles. The summed E-state index contributed by atoms with van der Waals surface area (Å²) in [5.41, 5.74) is 1.06. The summed E-state index contributed by atoms with van der Waals surface area (Å²) in [5, 5.41) is 0. The van der Waals surface area contributed by atoms with E-state index in [-0.39, 0.29) is 0 Å². The van der Waals surface area contributed by atoms with E-state index in [4.69, 9.17) is 0 Å². The Labute approximate surface area is 299 Å². The van der Waals surface area contributed by atoms with Gasteiger partial charge in [0.05, 0.1) is 0 Å². The van der Waals surface area contributed by atoms with Crippen LogP contribution in [0.1, 0.15) is 284 Å². The summed E-state index contributed by atoms with van der Waals surface area (Å²) in [6.07, 6.45) is 58.8. The normalized spacial score (nSPS) is 11.4. The van der Waals surface area contributed by atoms with Crippen LogP contribution in [0, 0.1) is 0 Å². The maximum absolute atomic E-state index is 11.4. The summed E-state index contributed by atoms with van der Waals surface area (Å²) in [5.74, 6) is 2.29. The van der Waals surface area contributed by atoms with Gasteiger partial charge in [0.1, 0.15) is 5.94 Å². The first-order valence-corrected chi connectivity index (χ1v) is 22.6. The van der Waals surface area contributed by atoms with Crippen LogP contribution in [0.15, 0.2) is 5.57 Å². The molecule has 0 saturated heterocycles. The highest BCUT2D eigenvalue weighted by Gasteiger charge is 2.01. The summed E-state index contributed by atoms with van der Waals surface area (Å²) in [4.78, 5) is 11.4. The fraction of sp³-hybridized carbons (Fsp3) is 0.957. The Morgan fingerprint density at radius 3 is 0.553 bits per heavy atom. The molecule has 0 N–H and O–H groups in total. The standard InChI is InChI=1S/C46H90O/c1-3-5-7-9-11-13-15-17-19-21-23-25-27-29-31-33-35-37-39-41-43-46(45-47)44-42-40-38-36-34-32-30-28-26-24-22-20-18-16-14-12-10-8-6-4-2/h3-44H2,1-2H3. The molecule has 0 aromatic rings. The van der Waals surface area contributed by atoms with Crippen molar-refractivity contribution < 1.29 is 4.79 Å². The minimum absolute atomic E-state index is 1.00. The fourth-order valence-corrected chi connectivity index (χ4v) is 7.41. The number of carbonyl (C=O) groups excluding carboxylic acids is 1. The van der Waals surface area contributed by atoms with E-state index in [0.29, 0.717) is 0 Å². The maximum atomic E-state index is 11.4. The Morgan fingerprint density at radius 1 is 0.255 bits per heavy atom. The highest BCUT2D eigenvalue weighted by Crippen LogP contribution is 2.19. The van der Waals surface area contributed by atoms with E-state index in [2.05, 4.69) is 19.8 Å². The van der Waals surface area contributed by atoms with Gasteiger partial charge in [-0.15, -0.1) is 0 Å². The molecule has 0 radical (unpaired) electrons. The van der Waals surface area contributed by atoms with Gasteiger partial charge in [-0.2, -0.15) is 0 Å². The molecular weight excluding hydrogens is 569 g/mol. The van der Waals surface area contributed by atoms with E-state index < -0.39 is 0 Å². The second-order valence-corrected chi connectivity index (χ2v) is 15.6. The molecule has 0 heterocycles. The minimum Gasteiger partial charge on any atom is -0.234 e. The molecule has 0 rings (SSSR count). The Balaban J connectivity index is 3.25. The third-order valence-electron chi connectivity index (χ3n) is 10.8. The summed E-state index contributed by atoms with van der Waals surface area (Å²) < 4.78 is 0. The quantitative estimate of drug-likeness (QED) is 0.0471. The van der Waals surface area contributed by atoms with Gasteiger partial charge in [-0.05, 0) is 25.7 Å². The molecule has 0 spiro atoms. The van der Waals surface area contributed by atoms with E-state index >= 15 is 0 Å². The lowest BCUT2D eigenvalue weighted by Crippen LogP contribution is -1.89. The molecule has 0 amide bonds. The van der Waals surface area contributed by atoms with Crippen molar-refractivity contribution in [2.75, 3.05) is 0 Å². The predicted molar refractivity (Wildman–Crippen MR) is 214 cm³/mol. The van der Waals surface area contributed by atoms with Gasteiger partial charge >= 0.3 is 0 Å². The molecule has 0 aromatic carbocycles. The Bertz CT molecular complexity index is 556. The summed E-state index contributed by atoms with van der Waals surface area (Å²) in [6, 6.07) is 0. The van der Waals surface area contributed by atoms with Crippen LogP contribution in [0.3, 0.4) is 0 Å². The lowest BCUT2D eigenvalue weighted by molar-refractivity contribution is 0.519. The number of rotatable bonds is 42. The molecule has 1 heteroatoms. The molecule has 0 unspecified atom stereocenters. The molecule has 280 valence electrons. The molecule has 0 atom stereocenters. The van der Waals surface area contributed by atoms with E-state index in [1.807, 2.05) is 0 Å². The summed E-state index contributed by atoms with van der Waals surface area (Å²) >= 11 is 0. The zero-order valence-electron chi connectivity index (χ0n) is 33.1. The van der Waals surface area contributed by atoms with Crippen molar-refractivity contribution in [1.29, 1.82) is 0 Å². The van der Waals surface area contributed by atoms with Gasteiger partial charge in [0, 0.05) is 5.57 Å². The van der Waals surface area contributed by atoms with Gasteiger partial charge in [0.25, 0.3) is 0 Å². The first-order valence-electron chi connectivity index (χ1n) is 22.6. The van der Waals surface area contributed by atoms with Gasteiger partial charge in [0.15, 0.2) is 0 Å². The van der Waals surface area contributed by atoms with Crippen molar-refractivity contribution in [2.24, 2.45) is 0 Å². The maximum Gasteiger partial charge on any atom is 0.123 e. The average Bonchev–Trinajstić information content (AvgIpc) is 3.09. The number of allylic oxidation sites excluding steroid dienone is 1. The van der Waals surface area contributed by atoms with Gasteiger partial charge in [-0.25, -0.2) is 4.79 Å². The van der Waals surface area contributed by atoms with Gasteiger partial charge in [-0.3, -0.25) is 0 Å². The molecular formula is C46H90O. The summed E-state index contributed by atoms with van der Waals surface area (Å²) in [7, 11) is 0. The van der Waals surface area contributed by atoms with Crippen LogP contribution in [0.5, 0.6) is 0 Å². The number of unbranched alkanes of at least 4 members (excludes halogenated alkanes) is 38. The van der Waals surface area contributed by atoms with Crippen LogP contribution in [0.2, 0.25) is 0 Å². The third kappa shape index (κ3) is 41.5. The van der Waals surface area contributed by atoms with Crippen molar-refractivity contribution in [3.05, 3.63) is 5.57 Å². The summed E-state index contributed by atoms with van der Waals surface area (Å²) in [6.45, 7) is 4.60. The molecule has 0 fully saturated rings. The van der Waals surface area contributed by atoms with Crippen LogP contribution in [0.4, 0.5) is 0 Å². The monoisotopic (exact) mass is 659 g/mol. The number of hydrogen-bond donors (Lipinski definition) is 0. The van der Waals surface area contributed by atoms with E-state index in [1.54, 1.807) is 0 Å². The first kappa shape index (κ1) is 46.5. The number of hydrogen-bond acceptors (Lipinski definition) is 1. The molecule has 0 aliphatic heterocycles. The second kappa shape index (κ2) is 43.5. The molecule has 1 nitrogen and oxygen atoms in total. The predicted octanol–water partition coefficient (Wildman–Crippen LogP) is 17.2. The van der Waals surface area contributed by atoms with Crippen molar-refractivity contribution >= 4 is 5.94 Å². The third-order valence-corrected chi connectivity index (χ3v) is 10.8. The highest BCUT2D eigenvalue weighted by molar-refractivity contribution is 5.52. The minimum atomic E-state index is 1.00. The van der Waals surface area contributed by atoms with Crippen molar-refractivity contribution in [1.82, 2.24) is 0 Å². The zero-order chi connectivity index (χ0) is 34.0. The van der Waals surface area contributed by atoms with Crippen LogP contribution in [-0.4, -0.2) is 5.94 Å². The van der Waals surface area contributed by atoms with Crippen LogP contribution < -0.4 is 0 Å². The molecule has 0 aliphatic carbocycles. The smallest absolute Gasteiger partial charge is 0.123 e. The Hall–Kier alpha value is -0.550. The average molecular weight is 659 g/mol.